The van der Waals surface area contributed by atoms with Crippen molar-refractivity contribution in [2.75, 3.05) is 5.32 Å². The summed E-state index contributed by atoms with van der Waals surface area (Å²) in [7, 11) is 0. The first-order valence-corrected chi connectivity index (χ1v) is 7.56. The van der Waals surface area contributed by atoms with Crippen LogP contribution in [0.1, 0.15) is 11.3 Å². The minimum absolute atomic E-state index is 0.0304. The molecule has 0 bridgehead atoms. The molecule has 1 heterocycles. The van der Waals surface area contributed by atoms with Gasteiger partial charge in [0.2, 0.25) is 0 Å². The lowest BCUT2D eigenvalue weighted by atomic mass is 10.1. The highest BCUT2D eigenvalue weighted by Crippen LogP contribution is 2.31. The minimum atomic E-state index is -0.889. The average molecular weight is 337 g/mol. The molecule has 0 aliphatic rings. The first-order valence-electron chi connectivity index (χ1n) is 7.56. The minimum Gasteiger partial charge on any atom is -0.481 e. The summed E-state index contributed by atoms with van der Waals surface area (Å²) in [6.45, 7) is 1.78. The lowest BCUT2D eigenvalue weighted by Crippen LogP contribution is -2.01. The van der Waals surface area contributed by atoms with Crippen LogP contribution in [-0.2, 0) is 11.2 Å². The third-order valence-corrected chi connectivity index (χ3v) is 3.75. The average Bonchev–Trinajstić information content (AvgIpc) is 2.55. The zero-order chi connectivity index (χ0) is 18.0. The molecule has 0 fully saturated rings. The van der Waals surface area contributed by atoms with Crippen LogP contribution >= 0.6 is 0 Å². The number of nitrogens with one attached hydrogen (secondary N) is 1. The van der Waals surface area contributed by atoms with E-state index >= 15 is 0 Å². The number of carboxylic acid groups (broad SMARTS) is 1. The number of nitrogens with zero attached hydrogens (tertiary/aromatic N) is 2. The second-order valence-electron chi connectivity index (χ2n) is 5.63. The van der Waals surface area contributed by atoms with Gasteiger partial charge < -0.3 is 10.4 Å². The highest BCUT2D eigenvalue weighted by atomic mass is 16.6. The number of benzene rings is 2. The highest BCUT2D eigenvalue weighted by molar-refractivity contribution is 5.99. The van der Waals surface area contributed by atoms with Crippen LogP contribution in [0.5, 0.6) is 0 Å². The summed E-state index contributed by atoms with van der Waals surface area (Å²) in [4.78, 5) is 26.0. The monoisotopic (exact) mass is 337 g/mol. The van der Waals surface area contributed by atoms with E-state index in [1.54, 1.807) is 49.4 Å². The molecular formula is C18H15N3O4. The number of aromatic nitrogens is 1. The summed E-state index contributed by atoms with van der Waals surface area (Å²) in [6, 6.07) is 13.5. The Bertz CT molecular complexity index is 968. The van der Waals surface area contributed by atoms with Gasteiger partial charge in [0, 0.05) is 22.8 Å². The number of aliphatic carboxylic acids is 1. The predicted octanol–water partition coefficient (Wildman–Crippen LogP) is 3.82. The molecule has 0 unspecified atom stereocenters. The van der Waals surface area contributed by atoms with Crippen molar-refractivity contribution in [3.05, 3.63) is 69.9 Å². The van der Waals surface area contributed by atoms with Crippen molar-refractivity contribution in [3.63, 3.8) is 0 Å². The SMILES string of the molecule is Cc1cc2c([N+](=O)[O-])cccc2c(Nc2ccc(CC(=O)O)cc2)n1. The van der Waals surface area contributed by atoms with E-state index in [0.29, 0.717) is 27.8 Å². The Balaban J connectivity index is 2.00. The molecule has 3 aromatic rings. The van der Waals surface area contributed by atoms with Crippen molar-refractivity contribution >= 4 is 33.9 Å². The number of carbonyl (C=O) groups is 1. The Labute approximate surface area is 143 Å². The van der Waals surface area contributed by atoms with E-state index < -0.39 is 10.9 Å². The van der Waals surface area contributed by atoms with Crippen molar-refractivity contribution in [2.45, 2.75) is 13.3 Å². The van der Waals surface area contributed by atoms with E-state index in [-0.39, 0.29) is 12.1 Å². The molecule has 3 rings (SSSR count). The number of pyridine rings is 1. The number of anilines is 2. The van der Waals surface area contributed by atoms with E-state index in [4.69, 9.17) is 5.11 Å². The van der Waals surface area contributed by atoms with E-state index in [0.717, 1.165) is 5.69 Å². The van der Waals surface area contributed by atoms with Crippen LogP contribution < -0.4 is 5.32 Å². The highest BCUT2D eigenvalue weighted by Gasteiger charge is 2.15. The summed E-state index contributed by atoms with van der Waals surface area (Å²) >= 11 is 0. The van der Waals surface area contributed by atoms with Crippen LogP contribution in [0.25, 0.3) is 10.8 Å². The van der Waals surface area contributed by atoms with Crippen LogP contribution in [0.3, 0.4) is 0 Å². The molecule has 2 N–H and O–H groups in total. The molecule has 126 valence electrons. The molecule has 0 amide bonds. The molecule has 1 aromatic heterocycles. The summed E-state index contributed by atoms with van der Waals surface area (Å²) in [5, 5.41) is 24.4. The number of nitro groups is 1. The number of non-ortho nitro benzene ring substituents is 1. The summed E-state index contributed by atoms with van der Waals surface area (Å²) < 4.78 is 0. The molecule has 2 aromatic carbocycles. The second-order valence-corrected chi connectivity index (χ2v) is 5.63. The van der Waals surface area contributed by atoms with E-state index in [2.05, 4.69) is 10.3 Å². The normalized spacial score (nSPS) is 10.6. The lowest BCUT2D eigenvalue weighted by Gasteiger charge is -2.11. The van der Waals surface area contributed by atoms with Gasteiger partial charge in [-0.1, -0.05) is 24.3 Å². The molecule has 0 spiro atoms. The van der Waals surface area contributed by atoms with Crippen molar-refractivity contribution in [2.24, 2.45) is 0 Å². The third kappa shape index (κ3) is 3.55. The quantitative estimate of drug-likeness (QED) is 0.541. The van der Waals surface area contributed by atoms with E-state index in [1.165, 1.54) is 6.07 Å². The zero-order valence-corrected chi connectivity index (χ0v) is 13.4. The van der Waals surface area contributed by atoms with Crippen LogP contribution in [0.15, 0.2) is 48.5 Å². The smallest absolute Gasteiger partial charge is 0.307 e. The Morgan fingerprint density at radius 1 is 1.20 bits per heavy atom. The van der Waals surface area contributed by atoms with Gasteiger partial charge in [0.15, 0.2) is 0 Å². The molecule has 0 saturated carbocycles. The van der Waals surface area contributed by atoms with Gasteiger partial charge in [-0.25, -0.2) is 4.98 Å². The molecule has 25 heavy (non-hydrogen) atoms. The number of fused-ring (bicyclic) bond motifs is 1. The molecular weight excluding hydrogens is 322 g/mol. The van der Waals surface area contributed by atoms with Crippen molar-refractivity contribution in [1.82, 2.24) is 4.98 Å². The molecule has 0 saturated heterocycles. The maximum absolute atomic E-state index is 11.2. The summed E-state index contributed by atoms with van der Waals surface area (Å²) in [5.74, 6) is -0.371. The van der Waals surface area contributed by atoms with Crippen molar-refractivity contribution in [1.29, 1.82) is 0 Å². The van der Waals surface area contributed by atoms with Crippen molar-refractivity contribution in [3.8, 4) is 0 Å². The molecule has 0 atom stereocenters. The van der Waals surface area contributed by atoms with Gasteiger partial charge >= 0.3 is 5.97 Å². The van der Waals surface area contributed by atoms with E-state index in [1.807, 2.05) is 0 Å². The van der Waals surface area contributed by atoms with Gasteiger partial charge in [0.1, 0.15) is 5.82 Å². The number of hydrogen-bond acceptors (Lipinski definition) is 5. The molecule has 0 aliphatic carbocycles. The maximum Gasteiger partial charge on any atom is 0.307 e. The topological polar surface area (TPSA) is 105 Å². The number of hydrogen-bond donors (Lipinski definition) is 2. The standard InChI is InChI=1S/C18H15N3O4/c1-11-9-15-14(3-2-4-16(15)21(24)25)18(19-11)20-13-7-5-12(6-8-13)10-17(22)23/h2-9H,10H2,1H3,(H,19,20)(H,22,23). The maximum atomic E-state index is 11.2. The van der Waals surface area contributed by atoms with E-state index in [9.17, 15) is 14.9 Å². The first-order chi connectivity index (χ1) is 11.9. The van der Waals surface area contributed by atoms with Gasteiger partial charge in [-0.3, -0.25) is 14.9 Å². The second kappa shape index (κ2) is 6.56. The van der Waals surface area contributed by atoms with Crippen LogP contribution in [-0.4, -0.2) is 21.0 Å². The van der Waals surface area contributed by atoms with Crippen molar-refractivity contribution < 1.29 is 14.8 Å². The van der Waals surface area contributed by atoms with Crippen LogP contribution in [0.2, 0.25) is 0 Å². The number of carboxylic acids is 1. The summed E-state index contributed by atoms with van der Waals surface area (Å²) in [6.07, 6.45) is -0.0436. The molecule has 7 nitrogen and oxygen atoms in total. The Hall–Kier alpha value is -3.48. The first kappa shape index (κ1) is 16.4. The molecule has 0 radical (unpaired) electrons. The van der Waals surface area contributed by atoms with Gasteiger partial charge in [-0.05, 0) is 30.7 Å². The third-order valence-electron chi connectivity index (χ3n) is 3.75. The fourth-order valence-corrected chi connectivity index (χ4v) is 2.66. The summed E-state index contributed by atoms with van der Waals surface area (Å²) in [5.41, 5.74) is 2.10. The predicted molar refractivity (Wildman–Crippen MR) is 94.2 cm³/mol. The zero-order valence-electron chi connectivity index (χ0n) is 13.4. The van der Waals surface area contributed by atoms with Crippen LogP contribution in [0.4, 0.5) is 17.2 Å². The van der Waals surface area contributed by atoms with Crippen LogP contribution in [0, 0.1) is 17.0 Å². The molecule has 7 heteroatoms. The number of nitro benzene ring substituents is 1. The Kier molecular flexibility index (Phi) is 4.30. The number of rotatable bonds is 5. The largest absolute Gasteiger partial charge is 0.481 e. The molecule has 0 aliphatic heterocycles. The van der Waals surface area contributed by atoms with Gasteiger partial charge in [0.25, 0.3) is 5.69 Å². The Morgan fingerprint density at radius 2 is 1.92 bits per heavy atom. The van der Waals surface area contributed by atoms with Gasteiger partial charge in [0.05, 0.1) is 16.7 Å². The van der Waals surface area contributed by atoms with Gasteiger partial charge in [-0.15, -0.1) is 0 Å². The Morgan fingerprint density at radius 3 is 2.56 bits per heavy atom. The fraction of sp³-hybridized carbons (Fsp3) is 0.111. The fourth-order valence-electron chi connectivity index (χ4n) is 2.66. The lowest BCUT2D eigenvalue weighted by molar-refractivity contribution is -0.383. The number of aryl methyl sites for hydroxylation is 1. The van der Waals surface area contributed by atoms with Gasteiger partial charge in [-0.2, -0.15) is 0 Å².